The lowest BCUT2D eigenvalue weighted by molar-refractivity contribution is 0.219. The van der Waals surface area contributed by atoms with Crippen LogP contribution in [-0.2, 0) is 6.54 Å². The van der Waals surface area contributed by atoms with Crippen molar-refractivity contribution in [2.45, 2.75) is 51.1 Å². The van der Waals surface area contributed by atoms with Crippen LogP contribution < -0.4 is 5.32 Å². The number of likely N-dealkylation sites (tertiary alicyclic amines) is 1. The molecule has 2 aromatic rings. The van der Waals surface area contributed by atoms with Gasteiger partial charge in [0.2, 0.25) is 0 Å². The molecule has 1 atom stereocenters. The second-order valence-electron chi connectivity index (χ2n) is 6.87. The van der Waals surface area contributed by atoms with Gasteiger partial charge in [0.25, 0.3) is 0 Å². The van der Waals surface area contributed by atoms with Crippen LogP contribution in [0.1, 0.15) is 50.4 Å². The highest BCUT2D eigenvalue weighted by Crippen LogP contribution is 2.25. The molecule has 0 radical (unpaired) electrons. The summed E-state index contributed by atoms with van der Waals surface area (Å²) < 4.78 is 2.37. The average Bonchev–Trinajstić information content (AvgIpc) is 3.00. The minimum Gasteiger partial charge on any atom is -0.310 e. The second-order valence-corrected chi connectivity index (χ2v) is 6.87. The zero-order chi connectivity index (χ0) is 15.5. The van der Waals surface area contributed by atoms with Gasteiger partial charge in [0.05, 0.1) is 6.04 Å². The molecule has 0 aliphatic carbocycles. The number of imidazole rings is 1. The highest BCUT2D eigenvalue weighted by Gasteiger charge is 2.23. The van der Waals surface area contributed by atoms with Crippen LogP contribution >= 0.6 is 0 Å². The first-order valence-electron chi connectivity index (χ1n) is 9.19. The predicted molar refractivity (Wildman–Crippen MR) is 92.4 cm³/mol. The Balaban J connectivity index is 1.59. The summed E-state index contributed by atoms with van der Waals surface area (Å²) in [6.07, 6.45) is 9.74. The minimum atomic E-state index is 0.388. The van der Waals surface area contributed by atoms with Gasteiger partial charge in [-0.05, 0) is 57.5 Å². The van der Waals surface area contributed by atoms with Crippen molar-refractivity contribution in [3.05, 3.63) is 24.2 Å². The summed E-state index contributed by atoms with van der Waals surface area (Å²) in [6, 6.07) is 4.47. The molecule has 23 heavy (non-hydrogen) atoms. The first kappa shape index (κ1) is 15.1. The molecular weight excluding hydrogens is 286 g/mol. The van der Waals surface area contributed by atoms with Crippen LogP contribution in [-0.4, -0.2) is 45.6 Å². The molecule has 1 N–H and O–H groups in total. The SMILES string of the molecule is c1cnc2c(c1)nc(C1CCCCN1)n2CCN1CCCCC1. The van der Waals surface area contributed by atoms with E-state index < -0.39 is 0 Å². The van der Waals surface area contributed by atoms with E-state index in [9.17, 15) is 0 Å². The normalized spacial score (nSPS) is 23.4. The molecule has 124 valence electrons. The van der Waals surface area contributed by atoms with Gasteiger partial charge in [-0.2, -0.15) is 0 Å². The molecule has 0 spiro atoms. The molecule has 0 amide bonds. The Morgan fingerprint density at radius 3 is 2.83 bits per heavy atom. The van der Waals surface area contributed by atoms with Crippen molar-refractivity contribution in [2.24, 2.45) is 0 Å². The lowest BCUT2D eigenvalue weighted by Crippen LogP contribution is -2.34. The molecule has 0 bridgehead atoms. The molecule has 2 aliphatic rings. The molecule has 5 nitrogen and oxygen atoms in total. The zero-order valence-electron chi connectivity index (χ0n) is 13.9. The fourth-order valence-electron chi connectivity index (χ4n) is 3.96. The Kier molecular flexibility index (Phi) is 4.57. The molecule has 2 fully saturated rings. The van der Waals surface area contributed by atoms with E-state index in [0.717, 1.165) is 30.8 Å². The average molecular weight is 313 g/mol. The topological polar surface area (TPSA) is 46.0 Å². The number of aromatic nitrogens is 3. The van der Waals surface area contributed by atoms with Gasteiger partial charge in [-0.15, -0.1) is 0 Å². The number of nitrogens with zero attached hydrogens (tertiary/aromatic N) is 4. The highest BCUT2D eigenvalue weighted by atomic mass is 15.2. The number of hydrogen-bond donors (Lipinski definition) is 1. The smallest absolute Gasteiger partial charge is 0.160 e. The fraction of sp³-hybridized carbons (Fsp3) is 0.667. The zero-order valence-corrected chi connectivity index (χ0v) is 13.9. The fourth-order valence-corrected chi connectivity index (χ4v) is 3.96. The lowest BCUT2D eigenvalue weighted by atomic mass is 10.0. The summed E-state index contributed by atoms with van der Waals surface area (Å²) in [4.78, 5) is 12.1. The lowest BCUT2D eigenvalue weighted by Gasteiger charge is -2.28. The Labute approximate surface area is 138 Å². The minimum absolute atomic E-state index is 0.388. The number of piperidine rings is 2. The molecule has 1 unspecified atom stereocenters. The maximum Gasteiger partial charge on any atom is 0.160 e. The maximum absolute atomic E-state index is 4.92. The van der Waals surface area contributed by atoms with Crippen molar-refractivity contribution in [1.82, 2.24) is 24.8 Å². The molecule has 0 saturated carbocycles. The van der Waals surface area contributed by atoms with Crippen LogP contribution in [0.2, 0.25) is 0 Å². The monoisotopic (exact) mass is 313 g/mol. The van der Waals surface area contributed by atoms with Crippen LogP contribution in [0.4, 0.5) is 0 Å². The first-order valence-corrected chi connectivity index (χ1v) is 9.19. The van der Waals surface area contributed by atoms with E-state index in [-0.39, 0.29) is 0 Å². The predicted octanol–water partition coefficient (Wildman–Crippen LogP) is 2.73. The van der Waals surface area contributed by atoms with Crippen LogP contribution in [0.3, 0.4) is 0 Å². The Morgan fingerprint density at radius 2 is 2.00 bits per heavy atom. The number of pyridine rings is 1. The van der Waals surface area contributed by atoms with Crippen molar-refractivity contribution in [2.75, 3.05) is 26.2 Å². The Hall–Kier alpha value is -1.46. The van der Waals surface area contributed by atoms with E-state index in [1.54, 1.807) is 0 Å². The molecule has 5 heteroatoms. The third-order valence-electron chi connectivity index (χ3n) is 5.24. The van der Waals surface area contributed by atoms with Gasteiger partial charge in [-0.25, -0.2) is 9.97 Å². The summed E-state index contributed by atoms with van der Waals surface area (Å²) in [5.74, 6) is 1.19. The second kappa shape index (κ2) is 6.97. The van der Waals surface area contributed by atoms with E-state index in [1.165, 1.54) is 57.4 Å². The van der Waals surface area contributed by atoms with Crippen molar-refractivity contribution in [1.29, 1.82) is 0 Å². The number of nitrogens with one attached hydrogen (secondary N) is 1. The molecule has 2 aromatic heterocycles. The highest BCUT2D eigenvalue weighted by molar-refractivity contribution is 5.71. The molecule has 4 heterocycles. The van der Waals surface area contributed by atoms with Gasteiger partial charge in [0.1, 0.15) is 11.3 Å². The van der Waals surface area contributed by atoms with Gasteiger partial charge >= 0.3 is 0 Å². The van der Waals surface area contributed by atoms with Crippen molar-refractivity contribution in [3.8, 4) is 0 Å². The van der Waals surface area contributed by atoms with Crippen molar-refractivity contribution in [3.63, 3.8) is 0 Å². The van der Waals surface area contributed by atoms with E-state index in [1.807, 2.05) is 12.3 Å². The van der Waals surface area contributed by atoms with Gasteiger partial charge in [-0.1, -0.05) is 12.8 Å². The number of rotatable bonds is 4. The Bertz CT molecular complexity index is 638. The summed E-state index contributed by atoms with van der Waals surface area (Å²) in [7, 11) is 0. The molecule has 2 aliphatic heterocycles. The summed E-state index contributed by atoms with van der Waals surface area (Å²) in [5.41, 5.74) is 2.08. The van der Waals surface area contributed by atoms with Crippen LogP contribution in [0.15, 0.2) is 18.3 Å². The standard InChI is InChI=1S/C18H27N5/c1-4-11-22(12-5-1)13-14-23-17-16(8-6-10-20-17)21-18(23)15-7-2-3-9-19-15/h6,8,10,15,19H,1-5,7,9,11-14H2. The number of hydrogen-bond acceptors (Lipinski definition) is 4. The van der Waals surface area contributed by atoms with E-state index in [2.05, 4.69) is 25.8 Å². The third-order valence-corrected chi connectivity index (χ3v) is 5.24. The Morgan fingerprint density at radius 1 is 1.09 bits per heavy atom. The van der Waals surface area contributed by atoms with Gasteiger partial charge in [0.15, 0.2) is 5.65 Å². The number of fused-ring (bicyclic) bond motifs is 1. The van der Waals surface area contributed by atoms with E-state index >= 15 is 0 Å². The van der Waals surface area contributed by atoms with Gasteiger partial charge in [0, 0.05) is 19.3 Å². The van der Waals surface area contributed by atoms with Crippen molar-refractivity contribution >= 4 is 11.2 Å². The third kappa shape index (κ3) is 3.26. The molecule has 4 rings (SSSR count). The summed E-state index contributed by atoms with van der Waals surface area (Å²) >= 11 is 0. The van der Waals surface area contributed by atoms with Gasteiger partial charge < -0.3 is 14.8 Å². The molecular formula is C18H27N5. The molecule has 2 saturated heterocycles. The molecule has 0 aromatic carbocycles. The summed E-state index contributed by atoms with van der Waals surface area (Å²) in [6.45, 7) is 5.71. The first-order chi connectivity index (χ1) is 11.4. The van der Waals surface area contributed by atoms with E-state index in [0.29, 0.717) is 6.04 Å². The van der Waals surface area contributed by atoms with Crippen LogP contribution in [0.25, 0.3) is 11.2 Å². The van der Waals surface area contributed by atoms with Gasteiger partial charge in [-0.3, -0.25) is 0 Å². The maximum atomic E-state index is 4.92. The summed E-state index contributed by atoms with van der Waals surface area (Å²) in [5, 5.41) is 3.65. The van der Waals surface area contributed by atoms with E-state index in [4.69, 9.17) is 4.98 Å². The van der Waals surface area contributed by atoms with Crippen LogP contribution in [0.5, 0.6) is 0 Å². The van der Waals surface area contributed by atoms with Crippen molar-refractivity contribution < 1.29 is 0 Å². The quantitative estimate of drug-likeness (QED) is 0.943. The largest absolute Gasteiger partial charge is 0.310 e. The van der Waals surface area contributed by atoms with Crippen LogP contribution in [0, 0.1) is 0 Å².